The number of carbonyl (C=O) groups excluding carboxylic acids is 1. The van der Waals surface area contributed by atoms with Gasteiger partial charge in [-0.15, -0.1) is 0 Å². The molecule has 0 saturated carbocycles. The molecule has 2 aromatic rings. The molecule has 0 aliphatic rings. The predicted molar refractivity (Wildman–Crippen MR) is 91.3 cm³/mol. The number of rotatable bonds is 4. The maximum Gasteiger partial charge on any atom is 0.257 e. The minimum absolute atomic E-state index is 0.0344. The number of carbonyl (C=O) groups is 1. The van der Waals surface area contributed by atoms with Crippen LogP contribution < -0.4 is 20.1 Å². The minimum atomic E-state index is -0.421. The zero-order chi connectivity index (χ0) is 16.8. The zero-order valence-electron chi connectivity index (χ0n) is 12.6. The number of phenols is 1. The van der Waals surface area contributed by atoms with E-state index >= 15 is 0 Å². The normalized spacial score (nSPS) is 9.83. The van der Waals surface area contributed by atoms with E-state index in [1.807, 2.05) is 0 Å². The van der Waals surface area contributed by atoms with Crippen LogP contribution in [0.4, 0.5) is 5.69 Å². The number of hydrogen-bond acceptors (Lipinski definition) is 5. The lowest BCUT2D eigenvalue weighted by atomic mass is 10.2. The molecule has 0 unspecified atom stereocenters. The van der Waals surface area contributed by atoms with Crippen molar-refractivity contribution in [1.82, 2.24) is 5.32 Å². The molecule has 0 fully saturated rings. The Balaban J connectivity index is 2.09. The van der Waals surface area contributed by atoms with Crippen molar-refractivity contribution in [3.63, 3.8) is 0 Å². The van der Waals surface area contributed by atoms with E-state index in [2.05, 4.69) is 10.6 Å². The number of anilines is 1. The molecule has 0 spiro atoms. The van der Waals surface area contributed by atoms with E-state index in [0.29, 0.717) is 22.7 Å². The molecule has 2 aromatic carbocycles. The van der Waals surface area contributed by atoms with Crippen molar-refractivity contribution < 1.29 is 19.4 Å². The number of phenolic OH excluding ortho intramolecular Hbond substituents is 1. The predicted octanol–water partition coefficient (Wildman–Crippen LogP) is 2.54. The smallest absolute Gasteiger partial charge is 0.257 e. The molecule has 0 bridgehead atoms. The molecule has 120 valence electrons. The lowest BCUT2D eigenvalue weighted by Crippen LogP contribution is -2.34. The number of methoxy groups -OCH3 is 2. The van der Waals surface area contributed by atoms with Gasteiger partial charge in [0.05, 0.1) is 19.9 Å². The largest absolute Gasteiger partial charge is 0.506 e. The van der Waals surface area contributed by atoms with Gasteiger partial charge in [0, 0.05) is 11.6 Å². The van der Waals surface area contributed by atoms with Crippen molar-refractivity contribution in [2.45, 2.75) is 0 Å². The van der Waals surface area contributed by atoms with Crippen molar-refractivity contribution in [1.29, 1.82) is 0 Å². The van der Waals surface area contributed by atoms with Crippen LogP contribution in [0.15, 0.2) is 42.5 Å². The summed E-state index contributed by atoms with van der Waals surface area (Å²) in [6.45, 7) is 0. The van der Waals surface area contributed by atoms with Gasteiger partial charge in [0.1, 0.15) is 17.2 Å². The molecule has 7 heteroatoms. The number of aromatic hydroxyl groups is 1. The SMILES string of the molecule is COc1cc(OC)cc(C(=O)NC(=S)Nc2ccccc2O)c1. The van der Waals surface area contributed by atoms with Crippen molar-refractivity contribution in [3.8, 4) is 17.2 Å². The summed E-state index contributed by atoms with van der Waals surface area (Å²) in [6.07, 6.45) is 0. The molecule has 1 amide bonds. The topological polar surface area (TPSA) is 79.8 Å². The molecule has 0 atom stereocenters. The third-order valence-electron chi connectivity index (χ3n) is 2.99. The summed E-state index contributed by atoms with van der Waals surface area (Å²) in [5.74, 6) is 0.602. The monoisotopic (exact) mass is 332 g/mol. The average Bonchev–Trinajstić information content (AvgIpc) is 2.56. The molecule has 0 aliphatic carbocycles. The van der Waals surface area contributed by atoms with E-state index in [1.165, 1.54) is 20.3 Å². The van der Waals surface area contributed by atoms with Crippen molar-refractivity contribution in [3.05, 3.63) is 48.0 Å². The Morgan fingerprint density at radius 3 is 2.26 bits per heavy atom. The summed E-state index contributed by atoms with van der Waals surface area (Å²) in [6, 6.07) is 11.4. The lowest BCUT2D eigenvalue weighted by Gasteiger charge is -2.12. The van der Waals surface area contributed by atoms with Crippen molar-refractivity contribution in [2.75, 3.05) is 19.5 Å². The van der Waals surface area contributed by atoms with Crippen molar-refractivity contribution >= 4 is 28.9 Å². The highest BCUT2D eigenvalue weighted by atomic mass is 32.1. The van der Waals surface area contributed by atoms with Crippen LogP contribution in [0.2, 0.25) is 0 Å². The van der Waals surface area contributed by atoms with Crippen LogP contribution in [-0.4, -0.2) is 30.3 Å². The van der Waals surface area contributed by atoms with Gasteiger partial charge in [0.25, 0.3) is 5.91 Å². The van der Waals surface area contributed by atoms with Gasteiger partial charge in [-0.3, -0.25) is 10.1 Å². The Bertz CT molecular complexity index is 712. The number of hydrogen-bond donors (Lipinski definition) is 3. The van der Waals surface area contributed by atoms with E-state index in [0.717, 1.165) is 0 Å². The molecular formula is C16H16N2O4S. The average molecular weight is 332 g/mol. The Kier molecular flexibility index (Phi) is 5.37. The van der Waals surface area contributed by atoms with E-state index in [9.17, 15) is 9.90 Å². The highest BCUT2D eigenvalue weighted by Crippen LogP contribution is 2.23. The molecule has 0 aromatic heterocycles. The maximum absolute atomic E-state index is 12.3. The van der Waals surface area contributed by atoms with Crippen LogP contribution in [0.3, 0.4) is 0 Å². The van der Waals surface area contributed by atoms with Gasteiger partial charge in [-0.05, 0) is 36.5 Å². The van der Waals surface area contributed by atoms with Crippen LogP contribution in [0.5, 0.6) is 17.2 Å². The first-order chi connectivity index (χ1) is 11.0. The first kappa shape index (κ1) is 16.6. The van der Waals surface area contributed by atoms with Gasteiger partial charge < -0.3 is 19.9 Å². The van der Waals surface area contributed by atoms with Crippen LogP contribution in [0.25, 0.3) is 0 Å². The van der Waals surface area contributed by atoms with E-state index in [4.69, 9.17) is 21.7 Å². The highest BCUT2D eigenvalue weighted by Gasteiger charge is 2.12. The van der Waals surface area contributed by atoms with Gasteiger partial charge in [-0.1, -0.05) is 12.1 Å². The van der Waals surface area contributed by atoms with Crippen LogP contribution in [-0.2, 0) is 0 Å². The fourth-order valence-electron chi connectivity index (χ4n) is 1.85. The Morgan fingerprint density at radius 2 is 1.70 bits per heavy atom. The Hall–Kier alpha value is -2.80. The number of nitrogens with one attached hydrogen (secondary N) is 2. The second-order valence-corrected chi connectivity index (χ2v) is 4.93. The molecule has 2 rings (SSSR count). The number of thiocarbonyl (C=S) groups is 1. The van der Waals surface area contributed by atoms with Gasteiger partial charge >= 0.3 is 0 Å². The standard InChI is InChI=1S/C16H16N2O4S/c1-21-11-7-10(8-12(9-11)22-2)15(20)18-16(23)17-13-5-3-4-6-14(13)19/h3-9,19H,1-2H3,(H2,17,18,20,23). The second-order valence-electron chi connectivity index (χ2n) is 4.53. The molecule has 3 N–H and O–H groups in total. The molecule has 0 saturated heterocycles. The van der Waals surface area contributed by atoms with E-state index in [-0.39, 0.29) is 10.9 Å². The number of amides is 1. The minimum Gasteiger partial charge on any atom is -0.506 e. The van der Waals surface area contributed by atoms with E-state index in [1.54, 1.807) is 36.4 Å². The third kappa shape index (κ3) is 4.33. The molecular weight excluding hydrogens is 316 g/mol. The quantitative estimate of drug-likeness (QED) is 0.590. The molecule has 0 radical (unpaired) electrons. The van der Waals surface area contributed by atoms with Gasteiger partial charge in [-0.25, -0.2) is 0 Å². The third-order valence-corrected chi connectivity index (χ3v) is 3.20. The van der Waals surface area contributed by atoms with Gasteiger partial charge in [0.15, 0.2) is 5.11 Å². The summed E-state index contributed by atoms with van der Waals surface area (Å²) in [5, 5.41) is 15.0. The zero-order valence-corrected chi connectivity index (χ0v) is 13.4. The van der Waals surface area contributed by atoms with Crippen LogP contribution >= 0.6 is 12.2 Å². The summed E-state index contributed by atoms with van der Waals surface area (Å²) in [4.78, 5) is 12.3. The van der Waals surface area contributed by atoms with Gasteiger partial charge in [0.2, 0.25) is 0 Å². The first-order valence-electron chi connectivity index (χ1n) is 6.67. The fraction of sp³-hybridized carbons (Fsp3) is 0.125. The van der Waals surface area contributed by atoms with Crippen LogP contribution in [0, 0.1) is 0 Å². The highest BCUT2D eigenvalue weighted by molar-refractivity contribution is 7.80. The second kappa shape index (κ2) is 7.46. The van der Waals surface area contributed by atoms with Gasteiger partial charge in [-0.2, -0.15) is 0 Å². The number of para-hydroxylation sites is 2. The molecule has 0 aliphatic heterocycles. The molecule has 6 nitrogen and oxygen atoms in total. The number of ether oxygens (including phenoxy) is 2. The lowest BCUT2D eigenvalue weighted by molar-refractivity contribution is 0.0977. The number of benzene rings is 2. The summed E-state index contributed by atoms with van der Waals surface area (Å²) in [7, 11) is 3.00. The van der Waals surface area contributed by atoms with Crippen LogP contribution in [0.1, 0.15) is 10.4 Å². The fourth-order valence-corrected chi connectivity index (χ4v) is 2.05. The Morgan fingerprint density at radius 1 is 1.09 bits per heavy atom. The maximum atomic E-state index is 12.3. The summed E-state index contributed by atoms with van der Waals surface area (Å²) < 4.78 is 10.2. The first-order valence-corrected chi connectivity index (χ1v) is 7.07. The summed E-state index contributed by atoms with van der Waals surface area (Å²) in [5.41, 5.74) is 0.739. The Labute approximate surface area is 139 Å². The van der Waals surface area contributed by atoms with Crippen molar-refractivity contribution in [2.24, 2.45) is 0 Å². The molecule has 0 heterocycles. The summed E-state index contributed by atoms with van der Waals surface area (Å²) >= 11 is 5.08. The molecule has 23 heavy (non-hydrogen) atoms. The van der Waals surface area contributed by atoms with E-state index < -0.39 is 5.91 Å².